The van der Waals surface area contributed by atoms with Gasteiger partial charge in [0.15, 0.2) is 5.78 Å². The third-order valence-corrected chi connectivity index (χ3v) is 11.9. The number of ether oxygens (including phenoxy) is 4. The maximum atomic E-state index is 13.2. The first-order valence-electron chi connectivity index (χ1n) is 22.0. The predicted molar refractivity (Wildman–Crippen MR) is 250 cm³/mol. The Morgan fingerprint density at radius 3 is 1.56 bits per heavy atom. The molecular formula is C50H57BrMgN6O10. The average Bonchev–Trinajstić information content (AvgIpc) is 3.94. The van der Waals surface area contributed by atoms with Crippen molar-refractivity contribution in [3.8, 4) is 0 Å². The minimum Gasteiger partial charge on any atom is -1.00 e. The molecule has 1 unspecified atom stereocenters. The van der Waals surface area contributed by atoms with E-state index in [-0.39, 0.29) is 104 Å². The van der Waals surface area contributed by atoms with Crippen molar-refractivity contribution < 1.29 is 65.0 Å². The molecule has 68 heavy (non-hydrogen) atoms. The number of hydrogen-bond donors (Lipinski definition) is 1. The number of fused-ring (bicyclic) bond motifs is 2. The van der Waals surface area contributed by atoms with Gasteiger partial charge in [0, 0.05) is 44.5 Å². The summed E-state index contributed by atoms with van der Waals surface area (Å²) in [5.74, 6) is -1.39. The van der Waals surface area contributed by atoms with Crippen molar-refractivity contribution in [1.82, 2.24) is 29.0 Å². The summed E-state index contributed by atoms with van der Waals surface area (Å²) in [4.78, 5) is 66.2. The first-order chi connectivity index (χ1) is 31.5. The molecule has 0 saturated carbocycles. The molecule has 2 aliphatic rings. The van der Waals surface area contributed by atoms with E-state index in [2.05, 4.69) is 10.2 Å². The first kappa shape index (κ1) is 54.8. The molecule has 2 saturated heterocycles. The molecule has 0 aliphatic carbocycles. The maximum absolute atomic E-state index is 13.2. The van der Waals surface area contributed by atoms with E-state index in [0.717, 1.165) is 11.1 Å². The van der Waals surface area contributed by atoms with Gasteiger partial charge in [0.05, 0.1) is 41.1 Å². The number of esters is 2. The number of hydrogen-bond acceptors (Lipinski definition) is 12. The molecule has 1 atom stereocenters. The number of Topliss-reactive ketones (excluding diaryl/α,β-unsaturated/α-hetero) is 1. The molecule has 6 aromatic rings. The van der Waals surface area contributed by atoms with Crippen LogP contribution >= 0.6 is 0 Å². The fourth-order valence-electron chi connectivity index (χ4n) is 8.35. The van der Waals surface area contributed by atoms with Gasteiger partial charge in [-0.05, 0) is 99.9 Å². The van der Waals surface area contributed by atoms with Crippen LogP contribution in [0, 0.1) is 19.3 Å². The van der Waals surface area contributed by atoms with Crippen molar-refractivity contribution in [3.63, 3.8) is 0 Å². The number of carbonyl (C=O) groups excluding carboxylic acids is 5. The van der Waals surface area contributed by atoms with Gasteiger partial charge in [-0.25, -0.2) is 28.2 Å². The Morgan fingerprint density at radius 2 is 1.07 bits per heavy atom. The van der Waals surface area contributed by atoms with Crippen LogP contribution in [0.2, 0.25) is 0 Å². The molecular weight excluding hydrogens is 949 g/mol. The number of rotatable bonds is 12. The van der Waals surface area contributed by atoms with Gasteiger partial charge < -0.3 is 58.3 Å². The Kier molecular flexibility index (Phi) is 20.6. The van der Waals surface area contributed by atoms with Crippen LogP contribution in [0.5, 0.6) is 0 Å². The minimum absolute atomic E-state index is 0. The van der Waals surface area contributed by atoms with E-state index >= 15 is 0 Å². The Bertz CT molecular complexity index is 2610. The summed E-state index contributed by atoms with van der Waals surface area (Å²) < 4.78 is 24.2. The van der Waals surface area contributed by atoms with Crippen molar-refractivity contribution in [2.24, 2.45) is 11.8 Å². The molecule has 6 heterocycles. The van der Waals surface area contributed by atoms with Crippen LogP contribution in [0.4, 0.5) is 9.59 Å². The molecule has 356 valence electrons. The summed E-state index contributed by atoms with van der Waals surface area (Å²) in [6.45, 7) is 8.03. The summed E-state index contributed by atoms with van der Waals surface area (Å²) >= 11 is 0. The average molecular weight is 1010 g/mol. The van der Waals surface area contributed by atoms with Gasteiger partial charge in [0.1, 0.15) is 24.5 Å². The van der Waals surface area contributed by atoms with Crippen LogP contribution in [0.15, 0.2) is 109 Å². The Balaban J connectivity index is 0.000000284. The van der Waals surface area contributed by atoms with Crippen molar-refractivity contribution in [2.75, 3.05) is 39.4 Å². The molecule has 4 aromatic heterocycles. The standard InChI is InChI=1S/C25H29N3O5.C24H25N3O5.CH3.BrH.Mg/c1-3-32-23(29)20-16-22(28-21(20)10-7-13-26-28)25(2,31)19-11-14-27(15-12-19)24(30)33-17-18-8-5-4-6-9-18;1-2-31-23(29)19-15-21(27-20(19)9-6-12-25-27)22(28)18-10-13-26(14-11-18)24(30)32-16-17-7-4-3-5-8-17;;;/h4-10,13,16,19,31H,3,11-12,14-15,17H2,1-2H3;3-9,12,15,18H,2,10-11,13-14,16H2,1H3;1H3;1H;/q;;-1;;+2/p-1. The second kappa shape index (κ2) is 25.5. The number of piperidine rings is 2. The maximum Gasteiger partial charge on any atom is 2.00 e. The van der Waals surface area contributed by atoms with Crippen molar-refractivity contribution in [2.45, 2.75) is 65.3 Å². The Labute approximate surface area is 422 Å². The monoisotopic (exact) mass is 1000 g/mol. The first-order valence-corrected chi connectivity index (χ1v) is 22.0. The van der Waals surface area contributed by atoms with Gasteiger partial charge in [-0.2, -0.15) is 10.2 Å². The molecule has 0 spiro atoms. The van der Waals surface area contributed by atoms with E-state index in [9.17, 15) is 29.1 Å². The van der Waals surface area contributed by atoms with E-state index in [0.29, 0.717) is 85.4 Å². The number of aliphatic hydroxyl groups is 1. The molecule has 2 fully saturated rings. The Morgan fingerprint density at radius 1 is 0.632 bits per heavy atom. The molecule has 16 nitrogen and oxygen atoms in total. The zero-order chi connectivity index (χ0) is 45.9. The van der Waals surface area contributed by atoms with Gasteiger partial charge >= 0.3 is 47.2 Å². The summed E-state index contributed by atoms with van der Waals surface area (Å²) in [7, 11) is 0. The summed E-state index contributed by atoms with van der Waals surface area (Å²) in [5.41, 5.74) is 3.34. The van der Waals surface area contributed by atoms with Crippen molar-refractivity contribution in [1.29, 1.82) is 0 Å². The Hall–Kier alpha value is -5.82. The third-order valence-electron chi connectivity index (χ3n) is 11.9. The van der Waals surface area contributed by atoms with Crippen LogP contribution in [-0.4, -0.2) is 126 Å². The van der Waals surface area contributed by atoms with E-state index in [4.69, 9.17) is 18.9 Å². The largest absolute Gasteiger partial charge is 2.00 e. The molecule has 18 heteroatoms. The number of aromatic nitrogens is 4. The van der Waals surface area contributed by atoms with Gasteiger partial charge in [-0.15, -0.1) is 0 Å². The van der Waals surface area contributed by atoms with Crippen LogP contribution in [0.25, 0.3) is 11.0 Å². The molecule has 1 N–H and O–H groups in total. The van der Waals surface area contributed by atoms with Crippen molar-refractivity contribution >= 4 is 64.0 Å². The normalized spacial score (nSPS) is 14.7. The van der Waals surface area contributed by atoms with Crippen LogP contribution in [0.3, 0.4) is 0 Å². The van der Waals surface area contributed by atoms with Crippen molar-refractivity contribution in [3.05, 3.63) is 151 Å². The number of nitrogens with zero attached hydrogens (tertiary/aromatic N) is 6. The van der Waals surface area contributed by atoms with E-state index < -0.39 is 17.5 Å². The number of benzene rings is 2. The minimum atomic E-state index is -1.25. The molecule has 8 rings (SSSR count). The molecule has 2 aliphatic heterocycles. The number of halogens is 1. The molecule has 2 amide bonds. The van der Waals surface area contributed by atoms with Gasteiger partial charge in [0.25, 0.3) is 0 Å². The van der Waals surface area contributed by atoms with E-state index in [1.807, 2.05) is 60.7 Å². The fourth-order valence-corrected chi connectivity index (χ4v) is 8.35. The predicted octanol–water partition coefficient (Wildman–Crippen LogP) is 4.58. The van der Waals surface area contributed by atoms with Gasteiger partial charge in [-0.1, -0.05) is 60.7 Å². The second-order valence-corrected chi connectivity index (χ2v) is 16.1. The second-order valence-electron chi connectivity index (χ2n) is 16.1. The topological polar surface area (TPSA) is 184 Å². The SMILES string of the molecule is CCOC(=O)c1cc(C(=O)C2CCN(C(=O)OCc3ccccc3)CC2)n2ncccc12.CCOC(=O)c1cc(C(C)(O)C2CCN(C(=O)OCc3ccccc3)CC2)n2ncccc12.[Br-].[CH3-].[Mg+2]. The number of likely N-dealkylation sites (tertiary alicyclic amines) is 2. The summed E-state index contributed by atoms with van der Waals surface area (Å²) in [5, 5.41) is 20.2. The van der Waals surface area contributed by atoms with E-state index in [1.165, 1.54) is 4.52 Å². The number of carbonyl (C=O) groups is 5. The fraction of sp³-hybridized carbons (Fsp3) is 0.360. The summed E-state index contributed by atoms with van der Waals surface area (Å²) in [6, 6.07) is 29.3. The molecule has 2 aromatic carbocycles. The van der Waals surface area contributed by atoms with Crippen LogP contribution < -0.4 is 17.0 Å². The van der Waals surface area contributed by atoms with Gasteiger partial charge in [0.2, 0.25) is 0 Å². The molecule has 0 radical (unpaired) electrons. The van der Waals surface area contributed by atoms with Crippen LogP contribution in [-0.2, 0) is 37.8 Å². The van der Waals surface area contributed by atoms with Gasteiger partial charge in [-0.3, -0.25) is 4.79 Å². The quantitative estimate of drug-likeness (QED) is 0.0593. The smallest absolute Gasteiger partial charge is 1.00 e. The third kappa shape index (κ3) is 12.8. The zero-order valence-electron chi connectivity index (χ0n) is 38.9. The molecule has 0 bridgehead atoms. The number of amides is 2. The van der Waals surface area contributed by atoms with E-state index in [1.54, 1.807) is 83.9 Å². The van der Waals surface area contributed by atoms with Crippen LogP contribution in [0.1, 0.15) is 94.5 Å². The summed E-state index contributed by atoms with van der Waals surface area (Å²) in [6.07, 6.45) is 4.71. The zero-order valence-corrected chi connectivity index (χ0v) is 41.9. The number of ketones is 1.